The Bertz CT molecular complexity index is 282. The summed E-state index contributed by atoms with van der Waals surface area (Å²) in [7, 11) is 0. The highest BCUT2D eigenvalue weighted by Crippen LogP contribution is 2.14. The summed E-state index contributed by atoms with van der Waals surface area (Å²) >= 11 is 0. The van der Waals surface area contributed by atoms with Crippen LogP contribution >= 0.6 is 0 Å². The van der Waals surface area contributed by atoms with Crippen LogP contribution in [0.15, 0.2) is 11.8 Å². The number of ketones is 1. The van der Waals surface area contributed by atoms with E-state index in [9.17, 15) is 9.59 Å². The molecule has 0 spiro atoms. The molecule has 6 heteroatoms. The lowest BCUT2D eigenvalue weighted by atomic mass is 10.1. The summed E-state index contributed by atoms with van der Waals surface area (Å²) in [5.74, 6) is -2.48. The number of carbonyl (C=O) groups is 2. The van der Waals surface area contributed by atoms with Crippen LogP contribution in [0.5, 0.6) is 0 Å². The zero-order chi connectivity index (χ0) is 10.7. The third kappa shape index (κ3) is 2.54. The van der Waals surface area contributed by atoms with Crippen molar-refractivity contribution in [3.8, 4) is 0 Å². The van der Waals surface area contributed by atoms with Crippen molar-refractivity contribution < 1.29 is 29.6 Å². The zero-order valence-corrected chi connectivity index (χ0v) is 7.21. The normalized spacial score (nSPS) is 26.3. The summed E-state index contributed by atoms with van der Waals surface area (Å²) < 4.78 is 4.85. The second kappa shape index (κ2) is 4.21. The van der Waals surface area contributed by atoms with Gasteiger partial charge in [0.25, 0.3) is 0 Å². The van der Waals surface area contributed by atoms with Gasteiger partial charge in [0, 0.05) is 0 Å². The molecule has 1 heterocycles. The molecule has 0 aromatic rings. The van der Waals surface area contributed by atoms with Crippen molar-refractivity contribution in [1.82, 2.24) is 0 Å². The van der Waals surface area contributed by atoms with Gasteiger partial charge < -0.3 is 20.1 Å². The number of hydrogen-bond acceptors (Lipinski definition) is 5. The molecule has 0 aromatic heterocycles. The van der Waals surface area contributed by atoms with Crippen LogP contribution < -0.4 is 0 Å². The fourth-order valence-electron chi connectivity index (χ4n) is 0.984. The molecule has 0 fully saturated rings. The number of allylic oxidation sites excluding steroid dienone is 1. The van der Waals surface area contributed by atoms with Crippen LogP contribution in [0, 0.1) is 0 Å². The molecule has 0 amide bonds. The summed E-state index contributed by atoms with van der Waals surface area (Å²) in [5, 5.41) is 26.4. The maximum Gasteiger partial charge on any atom is 0.372 e. The molecular weight excluding hydrogens is 192 g/mol. The average molecular weight is 202 g/mol. The van der Waals surface area contributed by atoms with Gasteiger partial charge in [0.05, 0.1) is 6.42 Å². The molecule has 0 radical (unpaired) electrons. The smallest absolute Gasteiger partial charge is 0.372 e. The van der Waals surface area contributed by atoms with Crippen molar-refractivity contribution in [2.24, 2.45) is 0 Å². The molecular formula is C8H10O6. The minimum absolute atomic E-state index is 0.0789. The first-order valence-electron chi connectivity index (χ1n) is 3.96. The van der Waals surface area contributed by atoms with Gasteiger partial charge in [-0.25, -0.2) is 4.79 Å². The topological polar surface area (TPSA) is 104 Å². The second-order valence-electron chi connectivity index (χ2n) is 2.91. The maximum absolute atomic E-state index is 10.7. The van der Waals surface area contributed by atoms with E-state index in [0.29, 0.717) is 0 Å². The van der Waals surface area contributed by atoms with E-state index < -0.39 is 30.4 Å². The summed E-state index contributed by atoms with van der Waals surface area (Å²) in [6.07, 6.45) is -1.41. The molecule has 1 aliphatic heterocycles. The maximum atomic E-state index is 10.7. The quantitative estimate of drug-likeness (QED) is 0.489. The monoisotopic (exact) mass is 202 g/mol. The number of hydrogen-bond donors (Lipinski definition) is 3. The van der Waals surface area contributed by atoms with E-state index in [0.717, 1.165) is 6.08 Å². The van der Waals surface area contributed by atoms with Crippen molar-refractivity contribution in [3.63, 3.8) is 0 Å². The predicted octanol–water partition coefficient (Wildman–Crippen LogP) is -1.33. The summed E-state index contributed by atoms with van der Waals surface area (Å²) in [6.45, 7) is -0.139. The van der Waals surface area contributed by atoms with Crippen LogP contribution in [-0.4, -0.2) is 45.9 Å². The van der Waals surface area contributed by atoms with Crippen LogP contribution in [0.1, 0.15) is 6.42 Å². The summed E-state index contributed by atoms with van der Waals surface area (Å²) in [6, 6.07) is 0. The highest BCUT2D eigenvalue weighted by Gasteiger charge is 2.24. The number of aliphatic hydroxyl groups is 2. The molecule has 0 bridgehead atoms. The van der Waals surface area contributed by atoms with Gasteiger partial charge in [0.1, 0.15) is 24.6 Å². The molecule has 1 rings (SSSR count). The van der Waals surface area contributed by atoms with Gasteiger partial charge in [-0.2, -0.15) is 0 Å². The van der Waals surface area contributed by atoms with Gasteiger partial charge in [-0.15, -0.1) is 0 Å². The zero-order valence-electron chi connectivity index (χ0n) is 7.21. The predicted molar refractivity (Wildman–Crippen MR) is 43.3 cm³/mol. The molecule has 2 unspecified atom stereocenters. The van der Waals surface area contributed by atoms with Crippen molar-refractivity contribution in [3.05, 3.63) is 11.8 Å². The minimum atomic E-state index is -1.55. The molecule has 78 valence electrons. The first-order valence-corrected chi connectivity index (χ1v) is 3.96. The summed E-state index contributed by atoms with van der Waals surface area (Å²) in [4.78, 5) is 20.9. The Balaban J connectivity index is 2.58. The number of Topliss-reactive ketones (excluding diaryl/α,β-unsaturated/α-hetero) is 1. The fraction of sp³-hybridized carbons (Fsp3) is 0.500. The van der Waals surface area contributed by atoms with E-state index in [4.69, 9.17) is 20.1 Å². The van der Waals surface area contributed by atoms with Crippen LogP contribution in [0.4, 0.5) is 0 Å². The standard InChI is InChI=1S/C8H10O6/c9-5-1-4(14-3-7(5)11)2-6(10)8(12)13/h1,5,7,9,11H,2-3H2,(H,12,13). The van der Waals surface area contributed by atoms with Crippen molar-refractivity contribution in [2.45, 2.75) is 18.6 Å². The third-order valence-electron chi connectivity index (χ3n) is 1.76. The van der Waals surface area contributed by atoms with E-state index in [1.807, 2.05) is 0 Å². The van der Waals surface area contributed by atoms with Crippen LogP contribution in [0.2, 0.25) is 0 Å². The Morgan fingerprint density at radius 3 is 2.64 bits per heavy atom. The van der Waals surface area contributed by atoms with E-state index in [1.54, 1.807) is 0 Å². The Morgan fingerprint density at radius 2 is 2.14 bits per heavy atom. The van der Waals surface area contributed by atoms with Gasteiger partial charge >= 0.3 is 5.97 Å². The average Bonchev–Trinajstić information content (AvgIpc) is 2.11. The van der Waals surface area contributed by atoms with E-state index >= 15 is 0 Å². The van der Waals surface area contributed by atoms with E-state index in [-0.39, 0.29) is 12.4 Å². The summed E-state index contributed by atoms with van der Waals surface area (Å²) in [5.41, 5.74) is 0. The number of carboxylic acid groups (broad SMARTS) is 1. The molecule has 0 saturated carbocycles. The lowest BCUT2D eigenvalue weighted by Crippen LogP contribution is -2.33. The third-order valence-corrected chi connectivity index (χ3v) is 1.76. The number of carboxylic acids is 1. The Labute approximate surface area is 79.4 Å². The van der Waals surface area contributed by atoms with Gasteiger partial charge in [-0.1, -0.05) is 0 Å². The highest BCUT2D eigenvalue weighted by molar-refractivity contribution is 6.33. The SMILES string of the molecule is O=C(O)C(=O)CC1=CC(O)C(O)CO1. The van der Waals surface area contributed by atoms with Crippen molar-refractivity contribution in [1.29, 1.82) is 0 Å². The number of ether oxygens (including phenoxy) is 1. The second-order valence-corrected chi connectivity index (χ2v) is 2.91. The van der Waals surface area contributed by atoms with Crippen molar-refractivity contribution in [2.75, 3.05) is 6.61 Å². The largest absolute Gasteiger partial charge is 0.495 e. The molecule has 0 aliphatic carbocycles. The molecule has 14 heavy (non-hydrogen) atoms. The Kier molecular flexibility index (Phi) is 3.21. The first kappa shape index (κ1) is 10.7. The fourth-order valence-corrected chi connectivity index (χ4v) is 0.984. The van der Waals surface area contributed by atoms with Crippen LogP contribution in [-0.2, 0) is 14.3 Å². The molecule has 2 atom stereocenters. The highest BCUT2D eigenvalue weighted by atomic mass is 16.5. The number of aliphatic hydroxyl groups excluding tert-OH is 2. The van der Waals surface area contributed by atoms with E-state index in [2.05, 4.69) is 0 Å². The van der Waals surface area contributed by atoms with Crippen LogP contribution in [0.25, 0.3) is 0 Å². The number of rotatable bonds is 3. The van der Waals surface area contributed by atoms with Crippen LogP contribution in [0.3, 0.4) is 0 Å². The Hall–Kier alpha value is -1.40. The molecule has 1 aliphatic rings. The molecule has 6 nitrogen and oxygen atoms in total. The van der Waals surface area contributed by atoms with E-state index in [1.165, 1.54) is 0 Å². The van der Waals surface area contributed by atoms with Gasteiger partial charge in [0.2, 0.25) is 5.78 Å². The number of aliphatic carboxylic acids is 1. The van der Waals surface area contributed by atoms with Gasteiger partial charge in [-0.3, -0.25) is 4.79 Å². The molecule has 0 saturated heterocycles. The minimum Gasteiger partial charge on any atom is -0.495 e. The molecule has 3 N–H and O–H groups in total. The van der Waals surface area contributed by atoms with Gasteiger partial charge in [-0.05, 0) is 6.08 Å². The lowest BCUT2D eigenvalue weighted by molar-refractivity contribution is -0.149. The lowest BCUT2D eigenvalue weighted by Gasteiger charge is -2.22. The Morgan fingerprint density at radius 1 is 1.50 bits per heavy atom. The van der Waals surface area contributed by atoms with Crippen molar-refractivity contribution >= 4 is 11.8 Å². The number of carbonyl (C=O) groups excluding carboxylic acids is 1. The first-order chi connectivity index (χ1) is 6.50. The van der Waals surface area contributed by atoms with Gasteiger partial charge in [0.15, 0.2) is 0 Å². The molecule has 0 aromatic carbocycles.